The summed E-state index contributed by atoms with van der Waals surface area (Å²) < 4.78 is 0. The number of rotatable bonds is 6. The van der Waals surface area contributed by atoms with Crippen molar-refractivity contribution in [3.05, 3.63) is 83.0 Å². The highest BCUT2D eigenvalue weighted by atomic mass is 16.3. The van der Waals surface area contributed by atoms with E-state index in [9.17, 15) is 10.2 Å². The van der Waals surface area contributed by atoms with Crippen molar-refractivity contribution in [2.45, 2.75) is 33.1 Å². The van der Waals surface area contributed by atoms with Crippen LogP contribution in [-0.4, -0.2) is 10.2 Å². The molecule has 2 nitrogen and oxygen atoms in total. The maximum atomic E-state index is 10.1. The summed E-state index contributed by atoms with van der Waals surface area (Å²) in [5, 5.41) is 20.2. The Balaban J connectivity index is 2.39. The molecule has 0 spiro atoms. The number of hydrogen-bond donors (Lipinski definition) is 2. The Morgan fingerprint density at radius 2 is 1.17 bits per heavy atom. The van der Waals surface area contributed by atoms with Gasteiger partial charge in [-0.1, -0.05) is 36.4 Å². The third-order valence-electron chi connectivity index (χ3n) is 4.02. The minimum atomic E-state index is 0.350. The van der Waals surface area contributed by atoms with E-state index in [1.54, 1.807) is 12.2 Å². The Hall–Kier alpha value is -2.48. The number of aryl methyl sites for hydroxylation is 2. The van der Waals surface area contributed by atoms with Crippen LogP contribution in [0.5, 0.6) is 11.5 Å². The second kappa shape index (κ2) is 7.19. The largest absolute Gasteiger partial charge is 0.507 e. The quantitative estimate of drug-likeness (QED) is 0.755. The second-order valence-electron chi connectivity index (χ2n) is 6.00. The lowest BCUT2D eigenvalue weighted by Gasteiger charge is -2.12. The summed E-state index contributed by atoms with van der Waals surface area (Å²) in [5.74, 6) is 0.700. The van der Waals surface area contributed by atoms with Crippen LogP contribution in [0.2, 0.25) is 0 Å². The van der Waals surface area contributed by atoms with Crippen LogP contribution in [0, 0.1) is 13.8 Å². The average molecular weight is 308 g/mol. The van der Waals surface area contributed by atoms with Gasteiger partial charge >= 0.3 is 0 Å². The summed E-state index contributed by atoms with van der Waals surface area (Å²) in [6, 6.07) is 8.08. The first kappa shape index (κ1) is 16.9. The Morgan fingerprint density at radius 3 is 1.52 bits per heavy atom. The molecule has 2 aromatic carbocycles. The molecule has 0 bridgehead atoms. The molecule has 0 heterocycles. The highest BCUT2D eigenvalue weighted by Crippen LogP contribution is 2.29. The SMILES string of the molecule is C=CCc1cc(Cc2cc(C)c(O)c(CC=C)c2)cc(C)c1O. The average Bonchev–Trinajstić information content (AvgIpc) is 2.50. The number of phenols is 2. The van der Waals surface area contributed by atoms with Gasteiger partial charge < -0.3 is 10.2 Å². The van der Waals surface area contributed by atoms with Crippen LogP contribution in [0.15, 0.2) is 49.6 Å². The maximum Gasteiger partial charge on any atom is 0.122 e. The number of hydrogen-bond acceptors (Lipinski definition) is 2. The Morgan fingerprint density at radius 1 is 0.783 bits per heavy atom. The van der Waals surface area contributed by atoms with Crippen LogP contribution in [-0.2, 0) is 19.3 Å². The van der Waals surface area contributed by atoms with Gasteiger partial charge in [-0.25, -0.2) is 0 Å². The van der Waals surface area contributed by atoms with Crippen molar-refractivity contribution in [1.29, 1.82) is 0 Å². The third-order valence-corrected chi connectivity index (χ3v) is 4.02. The first-order valence-electron chi connectivity index (χ1n) is 7.80. The summed E-state index contributed by atoms with van der Waals surface area (Å²) in [6.07, 6.45) is 5.65. The smallest absolute Gasteiger partial charge is 0.122 e. The second-order valence-corrected chi connectivity index (χ2v) is 6.00. The fourth-order valence-electron chi connectivity index (χ4n) is 2.93. The minimum absolute atomic E-state index is 0.350. The van der Waals surface area contributed by atoms with Gasteiger partial charge in [-0.3, -0.25) is 0 Å². The predicted molar refractivity (Wildman–Crippen MR) is 96.3 cm³/mol. The van der Waals surface area contributed by atoms with Gasteiger partial charge in [0.15, 0.2) is 0 Å². The molecule has 0 aliphatic rings. The van der Waals surface area contributed by atoms with Gasteiger partial charge in [0.05, 0.1) is 0 Å². The van der Waals surface area contributed by atoms with E-state index in [0.717, 1.165) is 39.8 Å². The van der Waals surface area contributed by atoms with Crippen molar-refractivity contribution in [1.82, 2.24) is 0 Å². The topological polar surface area (TPSA) is 40.5 Å². The monoisotopic (exact) mass is 308 g/mol. The van der Waals surface area contributed by atoms with E-state index in [1.165, 1.54) is 0 Å². The molecular weight excluding hydrogens is 284 g/mol. The summed E-state index contributed by atoms with van der Waals surface area (Å²) in [7, 11) is 0. The molecule has 2 rings (SSSR count). The number of allylic oxidation sites excluding steroid dienone is 2. The standard InChI is InChI=1S/C21H24O2/c1-5-7-18-12-16(9-14(3)20(18)22)11-17-10-15(4)21(23)19(13-17)8-6-2/h5-6,9-10,12-13,22-23H,1-2,7-8,11H2,3-4H3. The molecule has 120 valence electrons. The van der Waals surface area contributed by atoms with Crippen molar-refractivity contribution in [3.63, 3.8) is 0 Å². The molecule has 0 amide bonds. The van der Waals surface area contributed by atoms with Gasteiger partial charge in [0.2, 0.25) is 0 Å². The summed E-state index contributed by atoms with van der Waals surface area (Å²) >= 11 is 0. The van der Waals surface area contributed by atoms with Crippen LogP contribution in [0.25, 0.3) is 0 Å². The van der Waals surface area contributed by atoms with Gasteiger partial charge in [0.25, 0.3) is 0 Å². The molecule has 0 aromatic heterocycles. The molecule has 0 atom stereocenters. The highest BCUT2D eigenvalue weighted by molar-refractivity contribution is 5.48. The molecule has 0 aliphatic heterocycles. The summed E-state index contributed by atoms with van der Waals surface area (Å²) in [5.41, 5.74) is 5.84. The highest BCUT2D eigenvalue weighted by Gasteiger charge is 2.10. The molecule has 23 heavy (non-hydrogen) atoms. The van der Waals surface area contributed by atoms with Crippen LogP contribution in [0.4, 0.5) is 0 Å². The van der Waals surface area contributed by atoms with E-state index in [1.807, 2.05) is 38.1 Å². The van der Waals surface area contributed by atoms with Crippen molar-refractivity contribution < 1.29 is 10.2 Å². The number of phenolic OH excluding ortho intramolecular Hbond substituents is 2. The van der Waals surface area contributed by atoms with Crippen LogP contribution < -0.4 is 0 Å². The van der Waals surface area contributed by atoms with E-state index in [0.29, 0.717) is 24.3 Å². The van der Waals surface area contributed by atoms with E-state index in [4.69, 9.17) is 0 Å². The van der Waals surface area contributed by atoms with E-state index >= 15 is 0 Å². The van der Waals surface area contributed by atoms with Crippen molar-refractivity contribution in [2.24, 2.45) is 0 Å². The Kier molecular flexibility index (Phi) is 5.28. The molecule has 0 fully saturated rings. The molecule has 0 saturated carbocycles. The lowest BCUT2D eigenvalue weighted by Crippen LogP contribution is -1.96. The first-order valence-corrected chi connectivity index (χ1v) is 7.80. The fraction of sp³-hybridized carbons (Fsp3) is 0.238. The number of aromatic hydroxyl groups is 2. The summed E-state index contributed by atoms with van der Waals surface area (Å²) in [4.78, 5) is 0. The Bertz CT molecular complexity index is 678. The molecule has 0 radical (unpaired) electrons. The number of benzene rings is 2. The molecule has 0 unspecified atom stereocenters. The normalized spacial score (nSPS) is 10.5. The Labute approximate surface area is 138 Å². The van der Waals surface area contributed by atoms with Crippen LogP contribution >= 0.6 is 0 Å². The lowest BCUT2D eigenvalue weighted by atomic mass is 9.95. The zero-order valence-corrected chi connectivity index (χ0v) is 13.9. The lowest BCUT2D eigenvalue weighted by molar-refractivity contribution is 0.465. The fourth-order valence-corrected chi connectivity index (χ4v) is 2.93. The van der Waals surface area contributed by atoms with Crippen molar-refractivity contribution in [3.8, 4) is 11.5 Å². The van der Waals surface area contributed by atoms with E-state index in [2.05, 4.69) is 13.2 Å². The molecule has 2 aromatic rings. The first-order chi connectivity index (χ1) is 11.0. The van der Waals surface area contributed by atoms with Gasteiger partial charge in [-0.2, -0.15) is 0 Å². The van der Waals surface area contributed by atoms with Crippen molar-refractivity contribution in [2.75, 3.05) is 0 Å². The van der Waals surface area contributed by atoms with Gasteiger partial charge in [0, 0.05) is 0 Å². The minimum Gasteiger partial charge on any atom is -0.507 e. The zero-order valence-electron chi connectivity index (χ0n) is 13.9. The predicted octanol–water partition coefficient (Wildman–Crippen LogP) is 4.76. The van der Waals surface area contributed by atoms with Gasteiger partial charge in [0.1, 0.15) is 11.5 Å². The molecule has 0 saturated heterocycles. The molecular formula is C21H24O2. The van der Waals surface area contributed by atoms with E-state index < -0.39 is 0 Å². The van der Waals surface area contributed by atoms with Gasteiger partial charge in [-0.05, 0) is 66.5 Å². The third kappa shape index (κ3) is 3.84. The van der Waals surface area contributed by atoms with E-state index in [-0.39, 0.29) is 0 Å². The van der Waals surface area contributed by atoms with Crippen LogP contribution in [0.3, 0.4) is 0 Å². The maximum absolute atomic E-state index is 10.1. The summed E-state index contributed by atoms with van der Waals surface area (Å²) in [6.45, 7) is 11.3. The molecule has 2 heteroatoms. The zero-order chi connectivity index (χ0) is 17.0. The molecule has 2 N–H and O–H groups in total. The van der Waals surface area contributed by atoms with Crippen molar-refractivity contribution >= 4 is 0 Å². The van der Waals surface area contributed by atoms with Crippen LogP contribution in [0.1, 0.15) is 33.4 Å². The molecule has 0 aliphatic carbocycles. The van der Waals surface area contributed by atoms with Gasteiger partial charge in [-0.15, -0.1) is 13.2 Å².